The summed E-state index contributed by atoms with van der Waals surface area (Å²) in [6.07, 6.45) is 1.96. The fourth-order valence-electron chi connectivity index (χ4n) is 2.81. The van der Waals surface area contributed by atoms with E-state index in [1.165, 1.54) is 0 Å². The van der Waals surface area contributed by atoms with Gasteiger partial charge in [-0.1, -0.05) is 19.1 Å². The van der Waals surface area contributed by atoms with E-state index in [1.807, 2.05) is 13.0 Å². The van der Waals surface area contributed by atoms with Crippen molar-refractivity contribution in [3.05, 3.63) is 23.8 Å². The van der Waals surface area contributed by atoms with Crippen molar-refractivity contribution in [3.8, 4) is 0 Å². The Kier molecular flexibility index (Phi) is 3.90. The summed E-state index contributed by atoms with van der Waals surface area (Å²) < 4.78 is 5.32. The third kappa shape index (κ3) is 2.78. The third-order valence-corrected chi connectivity index (χ3v) is 4.07. The van der Waals surface area contributed by atoms with Crippen LogP contribution in [0.4, 0.5) is 0 Å². The predicted octanol–water partition coefficient (Wildman–Crippen LogP) is 1.78. The van der Waals surface area contributed by atoms with Crippen molar-refractivity contribution >= 4 is 11.8 Å². The highest BCUT2D eigenvalue weighted by molar-refractivity contribution is 5.94. The van der Waals surface area contributed by atoms with Gasteiger partial charge in [0.25, 0.3) is 0 Å². The number of allylic oxidation sites excluding steroid dienone is 1. The highest BCUT2D eigenvalue weighted by Crippen LogP contribution is 2.35. The quantitative estimate of drug-likeness (QED) is 0.411. The van der Waals surface area contributed by atoms with Crippen LogP contribution in [0.25, 0.3) is 0 Å². The van der Waals surface area contributed by atoms with Gasteiger partial charge < -0.3 is 9.84 Å². The molecule has 0 radical (unpaired) electrons. The van der Waals surface area contributed by atoms with Crippen molar-refractivity contribution in [1.29, 1.82) is 0 Å². The Balaban J connectivity index is 2.32. The number of hydrogen-bond donors (Lipinski definition) is 1. The van der Waals surface area contributed by atoms with Gasteiger partial charge in [-0.05, 0) is 25.0 Å². The van der Waals surface area contributed by atoms with Crippen molar-refractivity contribution in [2.75, 3.05) is 0 Å². The molecule has 1 N–H and O–H groups in total. The minimum absolute atomic E-state index is 0.0110. The smallest absolute Gasteiger partial charge is 0.309 e. The zero-order valence-corrected chi connectivity index (χ0v) is 11.4. The molecule has 0 spiro atoms. The Morgan fingerprint density at radius 3 is 2.74 bits per heavy atom. The number of esters is 1. The summed E-state index contributed by atoms with van der Waals surface area (Å²) in [7, 11) is 0. The van der Waals surface area contributed by atoms with Gasteiger partial charge in [0.2, 0.25) is 0 Å². The highest BCUT2D eigenvalue weighted by Gasteiger charge is 2.45. The minimum atomic E-state index is -0.773. The maximum atomic E-state index is 11.8. The van der Waals surface area contributed by atoms with Gasteiger partial charge in [-0.2, -0.15) is 0 Å². The van der Waals surface area contributed by atoms with Crippen LogP contribution in [0.15, 0.2) is 23.8 Å². The number of hydrogen-bond acceptors (Lipinski definition) is 4. The van der Waals surface area contributed by atoms with Crippen molar-refractivity contribution in [2.24, 2.45) is 11.8 Å². The van der Waals surface area contributed by atoms with Gasteiger partial charge in [-0.15, -0.1) is 0 Å². The van der Waals surface area contributed by atoms with E-state index in [0.29, 0.717) is 18.4 Å². The normalized spacial score (nSPS) is 36.6. The van der Waals surface area contributed by atoms with Crippen LogP contribution in [0.1, 0.15) is 33.1 Å². The summed E-state index contributed by atoms with van der Waals surface area (Å²) in [6, 6.07) is 0. The lowest BCUT2D eigenvalue weighted by Crippen LogP contribution is -2.32. The number of ether oxygens (including phenoxy) is 1. The van der Waals surface area contributed by atoms with Crippen LogP contribution in [0.5, 0.6) is 0 Å². The first-order valence-electron chi connectivity index (χ1n) is 6.67. The number of ketones is 1. The van der Waals surface area contributed by atoms with E-state index in [0.717, 1.165) is 5.57 Å². The Labute approximate surface area is 113 Å². The first kappa shape index (κ1) is 14.0. The second-order valence-corrected chi connectivity index (χ2v) is 5.58. The van der Waals surface area contributed by atoms with E-state index >= 15 is 0 Å². The SMILES string of the molecule is C=C1CC(O)C2C(C=C(C)CCC1=O)OC(=O)C2C. The van der Waals surface area contributed by atoms with E-state index in [2.05, 4.69) is 6.58 Å². The van der Waals surface area contributed by atoms with Crippen LogP contribution in [-0.4, -0.2) is 29.1 Å². The Morgan fingerprint density at radius 2 is 2.05 bits per heavy atom. The molecule has 1 heterocycles. The van der Waals surface area contributed by atoms with E-state index in [4.69, 9.17) is 4.74 Å². The monoisotopic (exact) mass is 264 g/mol. The number of fused-ring (bicyclic) bond motifs is 1. The summed E-state index contributed by atoms with van der Waals surface area (Å²) in [5, 5.41) is 10.3. The fourth-order valence-corrected chi connectivity index (χ4v) is 2.81. The first-order valence-corrected chi connectivity index (χ1v) is 6.67. The Morgan fingerprint density at radius 1 is 1.37 bits per heavy atom. The molecule has 19 heavy (non-hydrogen) atoms. The summed E-state index contributed by atoms with van der Waals surface area (Å²) in [6.45, 7) is 7.42. The van der Waals surface area contributed by atoms with E-state index in [9.17, 15) is 14.7 Å². The number of carbonyl (C=O) groups is 2. The Bertz CT molecular complexity index is 449. The molecule has 0 saturated carbocycles. The summed E-state index contributed by atoms with van der Waals surface area (Å²) in [5.41, 5.74) is 1.44. The summed E-state index contributed by atoms with van der Waals surface area (Å²) in [4.78, 5) is 23.5. The molecule has 104 valence electrons. The van der Waals surface area contributed by atoms with Gasteiger partial charge in [0.05, 0.1) is 12.0 Å². The van der Waals surface area contributed by atoms with Crippen LogP contribution in [0.3, 0.4) is 0 Å². The lowest BCUT2D eigenvalue weighted by molar-refractivity contribution is -0.142. The molecule has 0 aromatic carbocycles. The molecule has 1 aliphatic carbocycles. The molecule has 0 aromatic heterocycles. The zero-order chi connectivity index (χ0) is 14.2. The second kappa shape index (κ2) is 5.29. The molecule has 4 atom stereocenters. The average molecular weight is 264 g/mol. The van der Waals surface area contributed by atoms with E-state index in [-0.39, 0.29) is 30.0 Å². The highest BCUT2D eigenvalue weighted by atomic mass is 16.6. The van der Waals surface area contributed by atoms with Gasteiger partial charge >= 0.3 is 5.97 Å². The van der Waals surface area contributed by atoms with Crippen LogP contribution in [0, 0.1) is 11.8 Å². The largest absolute Gasteiger partial charge is 0.457 e. The maximum Gasteiger partial charge on any atom is 0.309 e. The molecule has 0 aromatic rings. The third-order valence-electron chi connectivity index (χ3n) is 4.07. The molecule has 2 aliphatic rings. The summed E-state index contributed by atoms with van der Waals surface area (Å²) >= 11 is 0. The van der Waals surface area contributed by atoms with Crippen LogP contribution >= 0.6 is 0 Å². The Hall–Kier alpha value is -1.42. The van der Waals surface area contributed by atoms with Crippen LogP contribution in [-0.2, 0) is 14.3 Å². The van der Waals surface area contributed by atoms with Crippen LogP contribution < -0.4 is 0 Å². The molecule has 4 nitrogen and oxygen atoms in total. The van der Waals surface area contributed by atoms with E-state index in [1.54, 1.807) is 6.92 Å². The molecule has 0 amide bonds. The zero-order valence-electron chi connectivity index (χ0n) is 11.4. The fraction of sp³-hybridized carbons (Fsp3) is 0.600. The van der Waals surface area contributed by atoms with Crippen LogP contribution in [0.2, 0.25) is 0 Å². The van der Waals surface area contributed by atoms with Crippen molar-refractivity contribution in [1.82, 2.24) is 0 Å². The molecule has 0 bridgehead atoms. The minimum Gasteiger partial charge on any atom is -0.457 e. The molecule has 2 rings (SSSR count). The average Bonchev–Trinajstić information content (AvgIpc) is 2.60. The molecule has 4 heteroatoms. The number of rotatable bonds is 0. The van der Waals surface area contributed by atoms with Gasteiger partial charge in [0.15, 0.2) is 5.78 Å². The van der Waals surface area contributed by atoms with E-state index < -0.39 is 12.2 Å². The number of carbonyl (C=O) groups excluding carboxylic acids is 2. The lowest BCUT2D eigenvalue weighted by atomic mass is 9.81. The van der Waals surface area contributed by atoms with Gasteiger partial charge in [-0.25, -0.2) is 0 Å². The van der Waals surface area contributed by atoms with Crippen molar-refractivity contribution < 1.29 is 19.4 Å². The number of aliphatic hydroxyl groups is 1. The number of aliphatic hydroxyl groups excluding tert-OH is 1. The molecule has 4 unspecified atom stereocenters. The van der Waals surface area contributed by atoms with Crippen molar-refractivity contribution in [3.63, 3.8) is 0 Å². The molecular weight excluding hydrogens is 244 g/mol. The van der Waals surface area contributed by atoms with Gasteiger partial charge in [0.1, 0.15) is 6.10 Å². The maximum absolute atomic E-state index is 11.8. The second-order valence-electron chi connectivity index (χ2n) is 5.58. The molecule has 1 fully saturated rings. The standard InChI is InChI=1S/C15H20O4/c1-8-4-5-11(16)9(2)7-12(17)14-10(3)15(18)19-13(14)6-8/h6,10,12-14,17H,2,4-5,7H2,1,3H3. The lowest BCUT2D eigenvalue weighted by Gasteiger charge is -2.25. The molecule has 1 aliphatic heterocycles. The van der Waals surface area contributed by atoms with Gasteiger partial charge in [-0.3, -0.25) is 9.59 Å². The summed E-state index contributed by atoms with van der Waals surface area (Å²) in [5.74, 6) is -0.950. The number of Topliss-reactive ketones (excluding diaryl/α,β-unsaturated/α-hetero) is 1. The topological polar surface area (TPSA) is 63.6 Å². The van der Waals surface area contributed by atoms with Gasteiger partial charge in [0, 0.05) is 18.8 Å². The molecular formula is C15H20O4. The molecule has 1 saturated heterocycles. The first-order chi connectivity index (χ1) is 8.90. The van der Waals surface area contributed by atoms with Crippen molar-refractivity contribution in [2.45, 2.75) is 45.3 Å². The predicted molar refractivity (Wildman–Crippen MR) is 70.3 cm³/mol.